The number of aromatic amines is 1. The van der Waals surface area contributed by atoms with Crippen molar-refractivity contribution in [1.29, 1.82) is 0 Å². The molecule has 0 spiro atoms. The van der Waals surface area contributed by atoms with Crippen molar-refractivity contribution < 1.29 is 4.79 Å². The molecule has 3 heterocycles. The van der Waals surface area contributed by atoms with Gasteiger partial charge in [-0.25, -0.2) is 4.98 Å². The molecule has 1 amide bonds. The predicted molar refractivity (Wildman–Crippen MR) is 90.7 cm³/mol. The fourth-order valence-electron chi connectivity index (χ4n) is 3.45. The van der Waals surface area contributed by atoms with Gasteiger partial charge in [0.05, 0.1) is 5.56 Å². The lowest BCUT2D eigenvalue weighted by Crippen LogP contribution is -2.39. The summed E-state index contributed by atoms with van der Waals surface area (Å²) in [5.74, 6) is 1.72. The summed E-state index contributed by atoms with van der Waals surface area (Å²) in [5.41, 5.74) is 1.30. The highest BCUT2D eigenvalue weighted by Crippen LogP contribution is 2.28. The molecule has 1 N–H and O–H groups in total. The molecule has 0 saturated carbocycles. The molecule has 25 heavy (non-hydrogen) atoms. The van der Waals surface area contributed by atoms with E-state index in [4.69, 9.17) is 0 Å². The molecule has 128 valence electrons. The highest BCUT2D eigenvalue weighted by atomic mass is 16.2. The van der Waals surface area contributed by atoms with Crippen LogP contribution < -0.4 is 0 Å². The molecule has 8 nitrogen and oxygen atoms in total. The quantitative estimate of drug-likeness (QED) is 0.784. The van der Waals surface area contributed by atoms with Crippen LogP contribution in [0.3, 0.4) is 0 Å². The third kappa shape index (κ3) is 2.90. The number of nitrogens with zero attached hydrogens (tertiary/aromatic N) is 6. The van der Waals surface area contributed by atoms with E-state index in [9.17, 15) is 4.79 Å². The maximum absolute atomic E-state index is 13.1. The summed E-state index contributed by atoms with van der Waals surface area (Å²) in [4.78, 5) is 19.5. The summed E-state index contributed by atoms with van der Waals surface area (Å²) in [6.07, 6.45) is 5.76. The van der Waals surface area contributed by atoms with Crippen molar-refractivity contribution >= 4 is 5.91 Å². The number of aryl methyl sites for hydroxylation is 1. The van der Waals surface area contributed by atoms with Gasteiger partial charge in [-0.2, -0.15) is 5.21 Å². The fourth-order valence-corrected chi connectivity index (χ4v) is 3.45. The first kappa shape index (κ1) is 15.5. The van der Waals surface area contributed by atoms with Gasteiger partial charge in [0.15, 0.2) is 0 Å². The minimum Gasteiger partial charge on any atom is -0.338 e. The zero-order chi connectivity index (χ0) is 17.2. The highest BCUT2D eigenvalue weighted by molar-refractivity contribution is 6.00. The summed E-state index contributed by atoms with van der Waals surface area (Å²) in [7, 11) is 1.99. The topological polar surface area (TPSA) is 92.6 Å². The van der Waals surface area contributed by atoms with E-state index in [2.05, 4.69) is 25.6 Å². The molecule has 2 aromatic heterocycles. The van der Waals surface area contributed by atoms with Gasteiger partial charge in [-0.1, -0.05) is 18.2 Å². The monoisotopic (exact) mass is 337 g/mol. The molecule has 0 unspecified atom stereocenters. The number of tetrazole rings is 1. The Balaban J connectivity index is 1.60. The van der Waals surface area contributed by atoms with Crippen molar-refractivity contribution in [3.8, 4) is 11.4 Å². The molecule has 0 aliphatic carbocycles. The number of piperidine rings is 1. The fraction of sp³-hybridized carbons (Fsp3) is 0.353. The van der Waals surface area contributed by atoms with Crippen molar-refractivity contribution in [3.63, 3.8) is 0 Å². The second-order valence-electron chi connectivity index (χ2n) is 6.27. The van der Waals surface area contributed by atoms with Crippen LogP contribution in [0.4, 0.5) is 0 Å². The number of amides is 1. The van der Waals surface area contributed by atoms with E-state index in [0.29, 0.717) is 23.5 Å². The van der Waals surface area contributed by atoms with Crippen LogP contribution >= 0.6 is 0 Å². The van der Waals surface area contributed by atoms with Crippen molar-refractivity contribution in [2.45, 2.75) is 18.8 Å². The maximum atomic E-state index is 13.1. The molecule has 1 aliphatic rings. The molecule has 0 bridgehead atoms. The van der Waals surface area contributed by atoms with Gasteiger partial charge in [0.2, 0.25) is 5.82 Å². The summed E-state index contributed by atoms with van der Waals surface area (Å²) in [5, 5.41) is 14.1. The zero-order valence-corrected chi connectivity index (χ0v) is 14.0. The van der Waals surface area contributed by atoms with Gasteiger partial charge in [-0.3, -0.25) is 4.79 Å². The first-order valence-corrected chi connectivity index (χ1v) is 8.33. The number of carbonyl (C=O) groups excluding carboxylic acids is 1. The van der Waals surface area contributed by atoms with Crippen LogP contribution in [0.25, 0.3) is 11.4 Å². The van der Waals surface area contributed by atoms with Crippen molar-refractivity contribution in [1.82, 2.24) is 35.1 Å². The van der Waals surface area contributed by atoms with Gasteiger partial charge in [-0.05, 0) is 24.1 Å². The van der Waals surface area contributed by atoms with Gasteiger partial charge < -0.3 is 9.47 Å². The average molecular weight is 337 g/mol. The van der Waals surface area contributed by atoms with E-state index in [1.807, 2.05) is 53.2 Å². The number of benzene rings is 1. The number of carbonyl (C=O) groups is 1. The average Bonchev–Trinajstić information content (AvgIpc) is 3.33. The van der Waals surface area contributed by atoms with Crippen molar-refractivity contribution in [3.05, 3.63) is 48.0 Å². The second kappa shape index (κ2) is 6.46. The van der Waals surface area contributed by atoms with Crippen LogP contribution in [0.5, 0.6) is 0 Å². The standard InChI is InChI=1S/C17H19N7O/c1-23-10-8-18-16(23)12-5-4-9-24(11-12)17(25)14-7-3-2-6-13(14)15-19-21-22-20-15/h2-3,6-8,10,12H,4-5,9,11H2,1H3,(H,19,20,21,22)/t12-/m1/s1. The Bertz CT molecular complexity index is 871. The maximum Gasteiger partial charge on any atom is 0.254 e. The largest absolute Gasteiger partial charge is 0.338 e. The van der Waals surface area contributed by atoms with Crippen molar-refractivity contribution in [2.75, 3.05) is 13.1 Å². The number of H-pyrrole nitrogens is 1. The summed E-state index contributed by atoms with van der Waals surface area (Å²) in [6, 6.07) is 7.39. The van der Waals surface area contributed by atoms with Crippen LogP contribution in [0.1, 0.15) is 34.9 Å². The molecule has 0 radical (unpaired) electrons. The van der Waals surface area contributed by atoms with Crippen LogP contribution in [-0.2, 0) is 7.05 Å². The number of imidazole rings is 1. The van der Waals surface area contributed by atoms with E-state index >= 15 is 0 Å². The molecule has 1 aromatic carbocycles. The van der Waals surface area contributed by atoms with Crippen LogP contribution in [0, 0.1) is 0 Å². The number of likely N-dealkylation sites (tertiary alicyclic amines) is 1. The van der Waals surface area contributed by atoms with Gasteiger partial charge in [0, 0.05) is 44.0 Å². The number of hydrogen-bond donors (Lipinski definition) is 1. The van der Waals surface area contributed by atoms with Crippen molar-refractivity contribution in [2.24, 2.45) is 7.05 Å². The first-order chi connectivity index (χ1) is 12.2. The molecular weight excluding hydrogens is 318 g/mol. The van der Waals surface area contributed by atoms with Gasteiger partial charge in [-0.15, -0.1) is 10.2 Å². The lowest BCUT2D eigenvalue weighted by molar-refractivity contribution is 0.0704. The zero-order valence-electron chi connectivity index (χ0n) is 14.0. The molecule has 1 aliphatic heterocycles. The van der Waals surface area contributed by atoms with E-state index in [-0.39, 0.29) is 11.8 Å². The molecule has 1 atom stereocenters. The van der Waals surface area contributed by atoms with E-state index in [1.165, 1.54) is 0 Å². The summed E-state index contributed by atoms with van der Waals surface area (Å²) in [6.45, 7) is 1.42. The highest BCUT2D eigenvalue weighted by Gasteiger charge is 2.29. The third-order valence-electron chi connectivity index (χ3n) is 4.68. The summed E-state index contributed by atoms with van der Waals surface area (Å²) < 4.78 is 2.03. The summed E-state index contributed by atoms with van der Waals surface area (Å²) >= 11 is 0. The predicted octanol–water partition coefficient (Wildman–Crippen LogP) is 1.62. The van der Waals surface area contributed by atoms with E-state index in [1.54, 1.807) is 0 Å². The number of aromatic nitrogens is 6. The van der Waals surface area contributed by atoms with Crippen LogP contribution in [0.15, 0.2) is 36.7 Å². The molecule has 1 fully saturated rings. The smallest absolute Gasteiger partial charge is 0.254 e. The van der Waals surface area contributed by atoms with Gasteiger partial charge >= 0.3 is 0 Å². The Kier molecular flexibility index (Phi) is 4.01. The molecule has 4 rings (SSSR count). The minimum atomic E-state index is -0.000640. The molecule has 8 heteroatoms. The van der Waals surface area contributed by atoms with Gasteiger partial charge in [0.1, 0.15) is 5.82 Å². The third-order valence-corrected chi connectivity index (χ3v) is 4.68. The Morgan fingerprint density at radius 1 is 1.32 bits per heavy atom. The van der Waals surface area contributed by atoms with Crippen LogP contribution in [-0.4, -0.2) is 54.1 Å². The number of nitrogens with one attached hydrogen (secondary N) is 1. The SMILES string of the molecule is Cn1ccnc1[C@@H]1CCCN(C(=O)c2ccccc2-c2nn[nH]n2)C1. The van der Waals surface area contributed by atoms with Crippen LogP contribution in [0.2, 0.25) is 0 Å². The Labute approximate surface area is 144 Å². The molecular formula is C17H19N7O. The Hall–Kier alpha value is -3.03. The molecule has 3 aromatic rings. The Morgan fingerprint density at radius 3 is 2.96 bits per heavy atom. The number of hydrogen-bond acceptors (Lipinski definition) is 5. The minimum absolute atomic E-state index is 0.000640. The van der Waals surface area contributed by atoms with E-state index in [0.717, 1.165) is 25.2 Å². The normalized spacial score (nSPS) is 17.6. The molecule has 1 saturated heterocycles. The Morgan fingerprint density at radius 2 is 2.20 bits per heavy atom. The second-order valence-corrected chi connectivity index (χ2v) is 6.27. The van der Waals surface area contributed by atoms with E-state index < -0.39 is 0 Å². The first-order valence-electron chi connectivity index (χ1n) is 8.33. The lowest BCUT2D eigenvalue weighted by Gasteiger charge is -2.32. The lowest BCUT2D eigenvalue weighted by atomic mass is 9.95. The number of rotatable bonds is 3. The van der Waals surface area contributed by atoms with Gasteiger partial charge in [0.25, 0.3) is 5.91 Å².